The Morgan fingerprint density at radius 2 is 1.57 bits per heavy atom. The molecule has 6 heterocycles. The quantitative estimate of drug-likeness (QED) is 0.280. The topological polar surface area (TPSA) is 17.3 Å². The van der Waals surface area contributed by atoms with Crippen LogP contribution in [-0.4, -0.2) is 50.8 Å². The number of hydrogen-bond acceptors (Lipinski definition) is 1. The van der Waals surface area contributed by atoms with E-state index < -0.39 is 6.39 Å². The van der Waals surface area contributed by atoms with Gasteiger partial charge in [-0.05, 0) is 0 Å². The van der Waals surface area contributed by atoms with Crippen LogP contribution in [0.1, 0.15) is 0 Å². The molecule has 5 aromatic rings. The second kappa shape index (κ2) is 5.80. The molecule has 10 rings (SSSR count). The first kappa shape index (κ1) is 18.9. The summed E-state index contributed by atoms with van der Waals surface area (Å²) in [5, 5.41) is 4.41. The molecule has 5 aliphatic heterocycles. The van der Waals surface area contributed by atoms with E-state index in [0.29, 0.717) is 6.21 Å². The van der Waals surface area contributed by atoms with E-state index in [1.54, 1.807) is 5.30 Å². The van der Waals surface area contributed by atoms with Crippen molar-refractivity contribution in [3.05, 3.63) is 91.0 Å². The molecular formula is C24H15B7N2P2-. The Balaban J connectivity index is 1.37. The summed E-state index contributed by atoms with van der Waals surface area (Å²) in [6.07, 6.45) is 0.0912. The summed E-state index contributed by atoms with van der Waals surface area (Å²) in [5.41, 5.74) is 8.23. The number of benzene rings is 4. The molecule has 0 amide bonds. The third-order valence-electron chi connectivity index (χ3n) is 9.09. The number of aromatic nitrogens is 1. The van der Waals surface area contributed by atoms with Crippen LogP contribution in [0.5, 0.6) is 0 Å². The minimum atomic E-state index is -2.27. The fraction of sp³-hybridized carbons (Fsp3) is 0. The van der Waals surface area contributed by atoms with Gasteiger partial charge < -0.3 is 0 Å². The molecule has 4 saturated heterocycles. The Kier molecular flexibility index (Phi) is 3.13. The van der Waals surface area contributed by atoms with Crippen LogP contribution in [0.15, 0.2) is 95.5 Å². The summed E-state index contributed by atoms with van der Waals surface area (Å²) >= 11 is 0. The van der Waals surface area contributed by atoms with Crippen molar-refractivity contribution in [3.8, 4) is 5.69 Å². The van der Waals surface area contributed by atoms with E-state index in [1.165, 1.54) is 43.9 Å². The average molecular weight is 469 g/mol. The average Bonchev–Trinajstić information content (AvgIpc) is 3.80. The van der Waals surface area contributed by atoms with Gasteiger partial charge in [0.05, 0.1) is 0 Å². The number of fused-ring (bicyclic) bond motifs is 7. The van der Waals surface area contributed by atoms with E-state index in [0.717, 1.165) is 12.4 Å². The minimum absolute atomic E-state index is 0.0887. The molecule has 153 valence electrons. The molecule has 0 saturated carbocycles. The van der Waals surface area contributed by atoms with Gasteiger partial charge in [0, 0.05) is 0 Å². The molecule has 11 heteroatoms. The Morgan fingerprint density at radius 3 is 2.34 bits per heavy atom. The van der Waals surface area contributed by atoms with Crippen molar-refractivity contribution in [2.75, 3.05) is 0 Å². The molecule has 0 N–H and O–H groups in total. The molecule has 35 heavy (non-hydrogen) atoms. The Labute approximate surface area is 208 Å². The van der Waals surface area contributed by atoms with Crippen molar-refractivity contribution in [3.63, 3.8) is 0 Å². The summed E-state index contributed by atoms with van der Waals surface area (Å²) in [4.78, 5) is 0. The van der Waals surface area contributed by atoms with Crippen LogP contribution in [-0.2, 0) is 0 Å². The van der Waals surface area contributed by atoms with Gasteiger partial charge in [-0.3, -0.25) is 0 Å². The fourth-order valence-corrected chi connectivity index (χ4v) is 16.3. The van der Waals surface area contributed by atoms with Gasteiger partial charge in [0.2, 0.25) is 0 Å². The second-order valence-electron chi connectivity index (χ2n) is 10.9. The molecule has 0 unspecified atom stereocenters. The van der Waals surface area contributed by atoms with E-state index in [9.17, 15) is 0 Å². The van der Waals surface area contributed by atoms with Crippen molar-refractivity contribution in [1.82, 2.24) is 4.57 Å². The van der Waals surface area contributed by atoms with Crippen LogP contribution < -0.4 is 21.7 Å². The van der Waals surface area contributed by atoms with Crippen LogP contribution in [0.4, 0.5) is 0 Å². The van der Waals surface area contributed by atoms with Crippen molar-refractivity contribution < 1.29 is 0 Å². The van der Waals surface area contributed by atoms with Gasteiger partial charge in [-0.2, -0.15) is 0 Å². The molecule has 1 aromatic heterocycles. The Bertz CT molecular complexity index is 1840. The molecule has 0 aliphatic carbocycles. The van der Waals surface area contributed by atoms with Crippen LogP contribution in [0.3, 0.4) is 0 Å². The maximum absolute atomic E-state index is 5.74. The normalized spacial score (nSPS) is 21.5. The zero-order valence-electron chi connectivity index (χ0n) is 19.0. The van der Waals surface area contributed by atoms with Gasteiger partial charge in [-0.25, -0.2) is 0 Å². The van der Waals surface area contributed by atoms with Crippen molar-refractivity contribution in [2.24, 2.45) is 4.52 Å². The van der Waals surface area contributed by atoms with E-state index in [2.05, 4.69) is 116 Å². The van der Waals surface area contributed by atoms with Gasteiger partial charge in [-0.1, -0.05) is 0 Å². The molecule has 5 aliphatic rings. The monoisotopic (exact) mass is 470 g/mol. The number of hydrogen-bond donors (Lipinski definition) is 0. The van der Waals surface area contributed by atoms with Crippen LogP contribution >= 0.6 is 13.9 Å². The molecule has 5 radical (unpaired) electrons. The van der Waals surface area contributed by atoms with Gasteiger partial charge >= 0.3 is 209 Å². The second-order valence-corrected chi connectivity index (χ2v) is 17.8. The molecule has 4 aromatic carbocycles. The first-order chi connectivity index (χ1) is 17.3. The summed E-state index contributed by atoms with van der Waals surface area (Å²) < 4.78 is 8.30. The van der Waals surface area contributed by atoms with Gasteiger partial charge in [-0.15, -0.1) is 0 Å². The zero-order valence-corrected chi connectivity index (χ0v) is 20.8. The molecule has 4 fully saturated rings. The Hall–Kier alpha value is -2.34. The summed E-state index contributed by atoms with van der Waals surface area (Å²) in [5.74, 6) is 0. The summed E-state index contributed by atoms with van der Waals surface area (Å²) in [6, 6.07) is 34.1. The van der Waals surface area contributed by atoms with Crippen molar-refractivity contribution >= 4 is 104 Å². The number of rotatable bonds is 3. The summed E-state index contributed by atoms with van der Waals surface area (Å²) in [7, 11) is 2.41. The molecule has 0 spiro atoms. The first-order valence-corrected chi connectivity index (χ1v) is 16.4. The molecule has 0 bridgehead atoms. The molecule has 0 atom stereocenters. The number of para-hydroxylation sites is 2. The van der Waals surface area contributed by atoms with Gasteiger partial charge in [0.25, 0.3) is 0 Å². The molecular weight excluding hydrogens is 454 g/mol. The van der Waals surface area contributed by atoms with E-state index in [1.807, 2.05) is 0 Å². The van der Waals surface area contributed by atoms with E-state index >= 15 is 0 Å². The first-order valence-electron chi connectivity index (χ1n) is 12.6. The van der Waals surface area contributed by atoms with E-state index in [-0.39, 0.29) is 14.2 Å². The third kappa shape index (κ3) is 2.12. The van der Waals surface area contributed by atoms with Crippen LogP contribution in [0.2, 0.25) is 0 Å². The SMILES string of the molecule is [B]1B2[B-]P12(N=[P+]1B2[B-]B21)c1ccc2c3c1c1ccccc1n3-c1ccccc1B2c1ccccc1. The standard InChI is InChI=1S/C24H15B7N2P2/c1-2-8-16(9-3-1)28-18-11-5-7-13-21(18)33-20-12-6-4-10-17(20)23-22(15-14-19(28)24(23)33)35(26-29(35)27-35)32-34-30-25-31(30)34/h1-15H/q-1. The summed E-state index contributed by atoms with van der Waals surface area (Å²) in [6.45, 7) is 5.52. The fourth-order valence-electron chi connectivity index (χ4n) is 6.96. The van der Waals surface area contributed by atoms with Crippen molar-refractivity contribution in [1.29, 1.82) is 0 Å². The predicted octanol–water partition coefficient (Wildman–Crippen LogP) is 2.41. The van der Waals surface area contributed by atoms with Crippen LogP contribution in [0.25, 0.3) is 27.5 Å². The Morgan fingerprint density at radius 1 is 0.829 bits per heavy atom. The van der Waals surface area contributed by atoms with Crippen LogP contribution in [0, 0.1) is 0 Å². The number of nitrogens with zero attached hydrogens (tertiary/aromatic N) is 2. The zero-order chi connectivity index (χ0) is 22.5. The van der Waals surface area contributed by atoms with E-state index in [4.69, 9.17) is 4.52 Å². The third-order valence-corrected chi connectivity index (χ3v) is 17.6. The maximum atomic E-state index is 5.74. The predicted molar refractivity (Wildman–Crippen MR) is 162 cm³/mol. The van der Waals surface area contributed by atoms with Gasteiger partial charge in [0.1, 0.15) is 0 Å². The van der Waals surface area contributed by atoms with Gasteiger partial charge in [0.15, 0.2) is 0 Å². The van der Waals surface area contributed by atoms with Crippen molar-refractivity contribution in [2.45, 2.75) is 0 Å². The molecule has 2 nitrogen and oxygen atoms in total.